The third-order valence-corrected chi connectivity index (χ3v) is 9.20. The molecule has 2 saturated heterocycles. The van der Waals surface area contributed by atoms with E-state index < -0.39 is 9.84 Å². The van der Waals surface area contributed by atoms with Gasteiger partial charge in [-0.3, -0.25) is 4.79 Å². The molecule has 1 amide bonds. The Morgan fingerprint density at radius 3 is 2.76 bits per heavy atom. The summed E-state index contributed by atoms with van der Waals surface area (Å²) in [4.78, 5) is 12.8. The molecule has 2 aromatic heterocycles. The van der Waals surface area contributed by atoms with Crippen molar-refractivity contribution in [3.05, 3.63) is 22.6 Å². The average Bonchev–Trinajstić information content (AvgIpc) is 3.53. The standard InChI is InChI=1S/C21H28N6O4S2/c1-13-14(2)27(10-16-5-4-7-31-16)20(17(13)9-22)23-18(28)11-32-21-25-24-19(26(21)3)15-6-8-33(29,30)12-15/h15-16H,4-8,10-12H2,1-3H3,(H,23,28)/t15-,16-/m0/s1. The smallest absolute Gasteiger partial charge is 0.235 e. The molecule has 0 radical (unpaired) electrons. The van der Waals surface area contributed by atoms with Crippen LogP contribution < -0.4 is 5.32 Å². The highest BCUT2D eigenvalue weighted by molar-refractivity contribution is 7.99. The van der Waals surface area contributed by atoms with E-state index in [1.165, 1.54) is 11.8 Å². The minimum Gasteiger partial charge on any atom is -0.376 e. The molecule has 12 heteroatoms. The van der Waals surface area contributed by atoms with Crippen LogP contribution in [0.2, 0.25) is 0 Å². The van der Waals surface area contributed by atoms with Crippen LogP contribution in [-0.4, -0.2) is 63.6 Å². The summed E-state index contributed by atoms with van der Waals surface area (Å²) in [6.45, 7) is 5.16. The van der Waals surface area contributed by atoms with E-state index in [4.69, 9.17) is 4.74 Å². The molecular formula is C21H28N6O4S2. The Bertz CT molecular complexity index is 1200. The fraction of sp³-hybridized carbons (Fsp3) is 0.619. The third-order valence-electron chi connectivity index (χ3n) is 6.41. The Kier molecular flexibility index (Phi) is 6.83. The number of nitrogens with one attached hydrogen (secondary N) is 1. The highest BCUT2D eigenvalue weighted by Crippen LogP contribution is 2.31. The van der Waals surface area contributed by atoms with E-state index in [-0.39, 0.29) is 35.2 Å². The number of nitriles is 1. The Morgan fingerprint density at radius 1 is 1.33 bits per heavy atom. The molecule has 4 heterocycles. The number of thioether (sulfide) groups is 1. The minimum atomic E-state index is -3.02. The summed E-state index contributed by atoms with van der Waals surface area (Å²) in [5.41, 5.74) is 2.25. The molecule has 2 aromatic rings. The van der Waals surface area contributed by atoms with Crippen LogP contribution in [-0.2, 0) is 33.0 Å². The maximum absolute atomic E-state index is 12.8. The molecule has 0 unspecified atom stereocenters. The Morgan fingerprint density at radius 2 is 2.12 bits per heavy atom. The Labute approximate surface area is 197 Å². The number of carbonyl (C=O) groups is 1. The van der Waals surface area contributed by atoms with Crippen molar-refractivity contribution >= 4 is 33.3 Å². The number of rotatable bonds is 7. The maximum Gasteiger partial charge on any atom is 0.235 e. The minimum absolute atomic E-state index is 0.0727. The number of amides is 1. The molecule has 4 rings (SSSR count). The van der Waals surface area contributed by atoms with Crippen molar-refractivity contribution in [1.29, 1.82) is 5.26 Å². The van der Waals surface area contributed by atoms with Gasteiger partial charge in [-0.2, -0.15) is 5.26 Å². The van der Waals surface area contributed by atoms with E-state index >= 15 is 0 Å². The van der Waals surface area contributed by atoms with E-state index in [2.05, 4.69) is 21.6 Å². The second-order valence-electron chi connectivity index (χ2n) is 8.63. The van der Waals surface area contributed by atoms with Gasteiger partial charge in [0.2, 0.25) is 5.91 Å². The Hall–Kier alpha value is -2.36. The molecule has 2 fully saturated rings. The summed E-state index contributed by atoms with van der Waals surface area (Å²) in [5.74, 6) is 1.05. The van der Waals surface area contributed by atoms with E-state index in [0.717, 1.165) is 30.7 Å². The average molecular weight is 493 g/mol. The highest BCUT2D eigenvalue weighted by atomic mass is 32.2. The molecule has 2 aliphatic heterocycles. The molecule has 10 nitrogen and oxygen atoms in total. The van der Waals surface area contributed by atoms with Crippen LogP contribution in [0.25, 0.3) is 0 Å². The molecule has 2 atom stereocenters. The van der Waals surface area contributed by atoms with Crippen molar-refractivity contribution in [2.75, 3.05) is 29.2 Å². The summed E-state index contributed by atoms with van der Waals surface area (Å²) < 4.78 is 33.1. The zero-order chi connectivity index (χ0) is 23.8. The number of hydrogen-bond acceptors (Lipinski definition) is 8. The van der Waals surface area contributed by atoms with Gasteiger partial charge in [0, 0.05) is 25.3 Å². The zero-order valence-electron chi connectivity index (χ0n) is 19.0. The van der Waals surface area contributed by atoms with Gasteiger partial charge in [0.1, 0.15) is 17.7 Å². The van der Waals surface area contributed by atoms with Gasteiger partial charge in [0.05, 0.1) is 35.5 Å². The number of aromatic nitrogens is 4. The summed E-state index contributed by atoms with van der Waals surface area (Å²) in [7, 11) is -1.24. The van der Waals surface area contributed by atoms with Crippen molar-refractivity contribution in [3.8, 4) is 6.07 Å². The topological polar surface area (TPSA) is 132 Å². The first kappa shape index (κ1) is 23.8. The summed E-state index contributed by atoms with van der Waals surface area (Å²) in [6, 6.07) is 2.22. The second kappa shape index (κ2) is 9.48. The van der Waals surface area contributed by atoms with Gasteiger partial charge in [-0.25, -0.2) is 8.42 Å². The largest absolute Gasteiger partial charge is 0.376 e. The highest BCUT2D eigenvalue weighted by Gasteiger charge is 2.32. The number of hydrogen-bond donors (Lipinski definition) is 1. The molecule has 0 saturated carbocycles. The second-order valence-corrected chi connectivity index (χ2v) is 11.8. The predicted octanol–water partition coefficient (Wildman–Crippen LogP) is 1.92. The van der Waals surface area contributed by atoms with Crippen LogP contribution in [0.1, 0.15) is 47.8 Å². The van der Waals surface area contributed by atoms with Crippen LogP contribution in [0.4, 0.5) is 5.82 Å². The summed E-state index contributed by atoms with van der Waals surface area (Å²) in [6.07, 6.45) is 2.58. The maximum atomic E-state index is 12.8. The summed E-state index contributed by atoms with van der Waals surface area (Å²) in [5, 5.41) is 21.5. The number of carbonyl (C=O) groups excluding carboxylic acids is 1. The number of sulfone groups is 1. The fourth-order valence-electron chi connectivity index (χ4n) is 4.45. The lowest BCUT2D eigenvalue weighted by Crippen LogP contribution is -2.22. The first-order valence-corrected chi connectivity index (χ1v) is 13.7. The van der Waals surface area contributed by atoms with E-state index in [0.29, 0.717) is 35.3 Å². The predicted molar refractivity (Wildman–Crippen MR) is 124 cm³/mol. The molecule has 33 heavy (non-hydrogen) atoms. The first-order chi connectivity index (χ1) is 15.7. The van der Waals surface area contributed by atoms with Crippen molar-refractivity contribution in [3.63, 3.8) is 0 Å². The van der Waals surface area contributed by atoms with Gasteiger partial charge in [-0.05, 0) is 38.7 Å². The van der Waals surface area contributed by atoms with E-state index in [1.54, 1.807) is 11.6 Å². The number of anilines is 1. The van der Waals surface area contributed by atoms with Crippen LogP contribution in [0.15, 0.2) is 5.16 Å². The SMILES string of the molecule is Cc1c(C#N)c(NC(=O)CSc2nnc([C@H]3CCS(=O)(=O)C3)n2C)n(C[C@@H]2CCCO2)c1C. The van der Waals surface area contributed by atoms with Gasteiger partial charge in [0.15, 0.2) is 15.0 Å². The molecule has 0 bridgehead atoms. The summed E-state index contributed by atoms with van der Waals surface area (Å²) >= 11 is 1.23. The Balaban J connectivity index is 1.44. The zero-order valence-corrected chi connectivity index (χ0v) is 20.6. The van der Waals surface area contributed by atoms with Gasteiger partial charge >= 0.3 is 0 Å². The van der Waals surface area contributed by atoms with Gasteiger partial charge in [-0.15, -0.1) is 10.2 Å². The van der Waals surface area contributed by atoms with Crippen molar-refractivity contribution in [2.24, 2.45) is 7.05 Å². The first-order valence-electron chi connectivity index (χ1n) is 10.9. The third kappa shape index (κ3) is 4.95. The number of ether oxygens (including phenoxy) is 1. The number of nitrogens with zero attached hydrogens (tertiary/aromatic N) is 5. The normalized spacial score (nSPS) is 21.9. The van der Waals surface area contributed by atoms with E-state index in [9.17, 15) is 18.5 Å². The van der Waals surface area contributed by atoms with Crippen molar-refractivity contribution in [1.82, 2.24) is 19.3 Å². The molecule has 1 N–H and O–H groups in total. The van der Waals surface area contributed by atoms with Crippen molar-refractivity contribution in [2.45, 2.75) is 56.8 Å². The lowest BCUT2D eigenvalue weighted by atomic mass is 10.1. The molecule has 0 aliphatic carbocycles. The van der Waals surface area contributed by atoms with E-state index in [1.807, 2.05) is 18.4 Å². The van der Waals surface area contributed by atoms with Gasteiger partial charge in [0.25, 0.3) is 0 Å². The molecule has 178 valence electrons. The van der Waals surface area contributed by atoms with Crippen LogP contribution in [0.5, 0.6) is 0 Å². The fourth-order valence-corrected chi connectivity index (χ4v) is 6.91. The molecule has 0 aromatic carbocycles. The molecule has 2 aliphatic rings. The van der Waals surface area contributed by atoms with Crippen LogP contribution in [0, 0.1) is 25.2 Å². The molecule has 0 spiro atoms. The quantitative estimate of drug-likeness (QED) is 0.580. The van der Waals surface area contributed by atoms with Crippen molar-refractivity contribution < 1.29 is 17.9 Å². The lowest BCUT2D eigenvalue weighted by Gasteiger charge is -2.16. The monoisotopic (exact) mass is 492 g/mol. The van der Waals surface area contributed by atoms with Crippen LogP contribution in [0.3, 0.4) is 0 Å². The molecular weight excluding hydrogens is 464 g/mol. The lowest BCUT2D eigenvalue weighted by molar-refractivity contribution is -0.113. The van der Waals surface area contributed by atoms with Gasteiger partial charge < -0.3 is 19.2 Å². The van der Waals surface area contributed by atoms with Crippen LogP contribution >= 0.6 is 11.8 Å². The van der Waals surface area contributed by atoms with Gasteiger partial charge in [-0.1, -0.05) is 11.8 Å².